The standard InChI is InChI=1S/C22H15N5S/c1-2-6-15(7-3-1)18-13-28-22-19(18)21(24-14-25-22)27-26-12-17-9-4-8-16-10-5-11-23-20(16)17/h1-14H,(H,24,25,27)/b26-12-. The van der Waals surface area contributed by atoms with Crippen molar-refractivity contribution in [3.05, 3.63) is 84.1 Å². The molecule has 0 saturated carbocycles. The average Bonchev–Trinajstić information content (AvgIpc) is 3.20. The van der Waals surface area contributed by atoms with E-state index in [0.717, 1.165) is 37.8 Å². The average molecular weight is 381 g/mol. The number of hydrazone groups is 1. The van der Waals surface area contributed by atoms with Crippen LogP contribution in [0.5, 0.6) is 0 Å². The van der Waals surface area contributed by atoms with E-state index in [1.54, 1.807) is 30.1 Å². The van der Waals surface area contributed by atoms with Crippen LogP contribution in [0.1, 0.15) is 5.56 Å². The van der Waals surface area contributed by atoms with Crippen molar-refractivity contribution < 1.29 is 0 Å². The van der Waals surface area contributed by atoms with Crippen molar-refractivity contribution in [2.24, 2.45) is 5.10 Å². The molecule has 0 spiro atoms. The molecule has 5 nitrogen and oxygen atoms in total. The second-order valence-corrected chi connectivity index (χ2v) is 7.07. The van der Waals surface area contributed by atoms with Gasteiger partial charge in [-0.05, 0) is 11.6 Å². The fourth-order valence-corrected chi connectivity index (χ4v) is 4.10. The van der Waals surface area contributed by atoms with E-state index in [0.29, 0.717) is 5.82 Å². The number of hydrogen-bond donors (Lipinski definition) is 1. The van der Waals surface area contributed by atoms with Crippen LogP contribution in [0.25, 0.3) is 32.2 Å². The number of nitrogens with zero attached hydrogens (tertiary/aromatic N) is 4. The first-order valence-electron chi connectivity index (χ1n) is 8.80. The molecular formula is C22H15N5S. The molecule has 0 saturated heterocycles. The molecule has 3 aromatic heterocycles. The third kappa shape index (κ3) is 3.00. The summed E-state index contributed by atoms with van der Waals surface area (Å²) in [5, 5.41) is 8.60. The number of para-hydroxylation sites is 1. The van der Waals surface area contributed by atoms with Crippen molar-refractivity contribution in [3.8, 4) is 11.1 Å². The van der Waals surface area contributed by atoms with Crippen molar-refractivity contribution in [1.29, 1.82) is 0 Å². The number of nitrogens with one attached hydrogen (secondary N) is 1. The minimum Gasteiger partial charge on any atom is -0.261 e. The molecule has 6 heteroatoms. The molecule has 3 heterocycles. The largest absolute Gasteiger partial charge is 0.261 e. The highest BCUT2D eigenvalue weighted by molar-refractivity contribution is 7.17. The van der Waals surface area contributed by atoms with Gasteiger partial charge in [-0.3, -0.25) is 10.4 Å². The second-order valence-electron chi connectivity index (χ2n) is 6.21. The van der Waals surface area contributed by atoms with Crippen molar-refractivity contribution in [2.45, 2.75) is 0 Å². The van der Waals surface area contributed by atoms with Gasteiger partial charge in [-0.15, -0.1) is 11.3 Å². The van der Waals surface area contributed by atoms with Gasteiger partial charge in [0.15, 0.2) is 5.82 Å². The first-order chi connectivity index (χ1) is 13.9. The molecule has 134 valence electrons. The Kier molecular flexibility index (Phi) is 4.23. The molecule has 0 fully saturated rings. The molecule has 28 heavy (non-hydrogen) atoms. The molecule has 0 aliphatic carbocycles. The first-order valence-corrected chi connectivity index (χ1v) is 9.68. The quantitative estimate of drug-likeness (QED) is 0.337. The lowest BCUT2D eigenvalue weighted by Crippen LogP contribution is -1.96. The van der Waals surface area contributed by atoms with Crippen LogP contribution in [0.2, 0.25) is 0 Å². The highest BCUT2D eigenvalue weighted by atomic mass is 32.1. The Morgan fingerprint density at radius 1 is 0.893 bits per heavy atom. The topological polar surface area (TPSA) is 63.1 Å². The maximum absolute atomic E-state index is 4.46. The molecular weight excluding hydrogens is 366 g/mol. The third-order valence-corrected chi connectivity index (χ3v) is 5.38. The predicted octanol–water partition coefficient (Wildman–Crippen LogP) is 5.35. The zero-order valence-electron chi connectivity index (χ0n) is 14.8. The van der Waals surface area contributed by atoms with Crippen LogP contribution in [-0.4, -0.2) is 21.2 Å². The minimum absolute atomic E-state index is 0.689. The van der Waals surface area contributed by atoms with E-state index in [2.05, 4.69) is 43.0 Å². The van der Waals surface area contributed by atoms with Gasteiger partial charge in [-0.25, -0.2) is 9.97 Å². The van der Waals surface area contributed by atoms with Crippen LogP contribution in [-0.2, 0) is 0 Å². The van der Waals surface area contributed by atoms with Gasteiger partial charge < -0.3 is 0 Å². The molecule has 0 aliphatic heterocycles. The molecule has 0 aliphatic rings. The van der Waals surface area contributed by atoms with Gasteiger partial charge in [-0.1, -0.05) is 54.6 Å². The minimum atomic E-state index is 0.689. The summed E-state index contributed by atoms with van der Waals surface area (Å²) in [7, 11) is 0. The normalized spacial score (nSPS) is 11.4. The van der Waals surface area contributed by atoms with Crippen molar-refractivity contribution >= 4 is 44.5 Å². The van der Waals surface area contributed by atoms with Crippen molar-refractivity contribution in [3.63, 3.8) is 0 Å². The summed E-state index contributed by atoms with van der Waals surface area (Å²) < 4.78 is 0. The van der Waals surface area contributed by atoms with E-state index < -0.39 is 0 Å². The smallest absolute Gasteiger partial charge is 0.159 e. The van der Waals surface area contributed by atoms with Gasteiger partial charge in [0.1, 0.15) is 11.2 Å². The van der Waals surface area contributed by atoms with Crippen LogP contribution >= 0.6 is 11.3 Å². The summed E-state index contributed by atoms with van der Waals surface area (Å²) in [5.74, 6) is 0.689. The Bertz CT molecular complexity index is 1290. The number of aromatic nitrogens is 3. The Balaban J connectivity index is 1.52. The Morgan fingerprint density at radius 3 is 2.71 bits per heavy atom. The molecule has 2 aromatic carbocycles. The van der Waals surface area contributed by atoms with Gasteiger partial charge in [-0.2, -0.15) is 5.10 Å². The molecule has 0 atom stereocenters. The number of thiophene rings is 1. The zero-order chi connectivity index (χ0) is 18.8. The highest BCUT2D eigenvalue weighted by Gasteiger charge is 2.12. The lowest BCUT2D eigenvalue weighted by molar-refractivity contribution is 1.19. The van der Waals surface area contributed by atoms with Crippen molar-refractivity contribution in [2.75, 3.05) is 5.43 Å². The van der Waals surface area contributed by atoms with Crippen LogP contribution in [0.4, 0.5) is 5.82 Å². The summed E-state index contributed by atoms with van der Waals surface area (Å²) in [4.78, 5) is 14.2. The van der Waals surface area contributed by atoms with Crippen LogP contribution in [0, 0.1) is 0 Å². The fraction of sp³-hybridized carbons (Fsp3) is 0. The molecule has 0 radical (unpaired) electrons. The van der Waals surface area contributed by atoms with E-state index >= 15 is 0 Å². The van der Waals surface area contributed by atoms with E-state index in [1.807, 2.05) is 48.5 Å². The number of rotatable bonds is 4. The zero-order valence-corrected chi connectivity index (χ0v) is 15.6. The summed E-state index contributed by atoms with van der Waals surface area (Å²) >= 11 is 1.60. The van der Waals surface area contributed by atoms with Crippen molar-refractivity contribution in [1.82, 2.24) is 15.0 Å². The summed E-state index contributed by atoms with van der Waals surface area (Å²) in [6, 6.07) is 20.3. The molecule has 5 rings (SSSR count). The van der Waals surface area contributed by atoms with Crippen LogP contribution in [0.3, 0.4) is 0 Å². The van der Waals surface area contributed by atoms with Gasteiger partial charge in [0.05, 0.1) is 17.1 Å². The van der Waals surface area contributed by atoms with Gasteiger partial charge in [0.2, 0.25) is 0 Å². The first kappa shape index (κ1) is 16.5. The van der Waals surface area contributed by atoms with E-state index in [1.165, 1.54) is 0 Å². The molecule has 0 amide bonds. The van der Waals surface area contributed by atoms with Crippen LogP contribution in [0.15, 0.2) is 83.7 Å². The van der Waals surface area contributed by atoms with Gasteiger partial charge in [0.25, 0.3) is 0 Å². The number of benzene rings is 2. The lowest BCUT2D eigenvalue weighted by Gasteiger charge is -2.05. The molecule has 0 bridgehead atoms. The maximum Gasteiger partial charge on any atom is 0.159 e. The summed E-state index contributed by atoms with van der Waals surface area (Å²) in [5.41, 5.74) is 7.20. The Morgan fingerprint density at radius 2 is 1.79 bits per heavy atom. The number of pyridine rings is 1. The second kappa shape index (κ2) is 7.17. The Hall–Kier alpha value is -3.64. The van der Waals surface area contributed by atoms with E-state index in [4.69, 9.17) is 0 Å². The number of hydrogen-bond acceptors (Lipinski definition) is 6. The molecule has 0 unspecified atom stereocenters. The van der Waals surface area contributed by atoms with Crippen LogP contribution < -0.4 is 5.43 Å². The van der Waals surface area contributed by atoms with E-state index in [-0.39, 0.29) is 0 Å². The third-order valence-electron chi connectivity index (χ3n) is 4.49. The van der Waals surface area contributed by atoms with Gasteiger partial charge in [0, 0.05) is 28.1 Å². The highest BCUT2D eigenvalue weighted by Crippen LogP contribution is 2.36. The SMILES string of the molecule is C(=N/Nc1ncnc2scc(-c3ccccc3)c12)/c1cccc2cccnc12. The maximum atomic E-state index is 4.46. The fourth-order valence-electron chi connectivity index (χ4n) is 3.19. The number of fused-ring (bicyclic) bond motifs is 2. The van der Waals surface area contributed by atoms with E-state index in [9.17, 15) is 0 Å². The Labute approximate surface area is 165 Å². The summed E-state index contributed by atoms with van der Waals surface area (Å²) in [6.07, 6.45) is 5.13. The summed E-state index contributed by atoms with van der Waals surface area (Å²) in [6.45, 7) is 0. The van der Waals surface area contributed by atoms with Gasteiger partial charge >= 0.3 is 0 Å². The lowest BCUT2D eigenvalue weighted by atomic mass is 10.1. The predicted molar refractivity (Wildman–Crippen MR) is 116 cm³/mol. The molecule has 1 N–H and O–H groups in total. The molecule has 5 aromatic rings. The monoisotopic (exact) mass is 381 g/mol. The number of anilines is 1.